The molecule has 1 saturated carbocycles. The summed E-state index contributed by atoms with van der Waals surface area (Å²) in [4.78, 5) is 17.0. The van der Waals surface area contributed by atoms with Crippen LogP contribution < -0.4 is 5.73 Å². The summed E-state index contributed by atoms with van der Waals surface area (Å²) in [7, 11) is 0. The molecule has 2 N–H and O–H groups in total. The fourth-order valence-electron chi connectivity index (χ4n) is 3.61. The molecule has 2 unspecified atom stereocenters. The summed E-state index contributed by atoms with van der Waals surface area (Å²) in [5.41, 5.74) is 6.09. The fraction of sp³-hybridized carbons (Fsp3) is 0.933. The van der Waals surface area contributed by atoms with Gasteiger partial charge in [-0.1, -0.05) is 0 Å². The van der Waals surface area contributed by atoms with Crippen molar-refractivity contribution in [3.05, 3.63) is 0 Å². The quantitative estimate of drug-likeness (QED) is 0.831. The van der Waals surface area contributed by atoms with E-state index in [1.54, 1.807) is 0 Å². The molecule has 0 aromatic carbocycles. The number of carbonyl (C=O) groups excluding carboxylic acids is 1. The summed E-state index contributed by atoms with van der Waals surface area (Å²) >= 11 is 0. The molecule has 0 bridgehead atoms. The molecule has 2 saturated heterocycles. The van der Waals surface area contributed by atoms with Gasteiger partial charge in [0.25, 0.3) is 0 Å². The number of amides is 1. The van der Waals surface area contributed by atoms with E-state index in [2.05, 4.69) is 9.80 Å². The summed E-state index contributed by atoms with van der Waals surface area (Å²) in [5.74, 6) is 0.923. The lowest BCUT2D eigenvalue weighted by atomic mass is 10.0. The highest BCUT2D eigenvalue weighted by Gasteiger charge is 2.33. The van der Waals surface area contributed by atoms with Gasteiger partial charge in [0.15, 0.2) is 0 Å². The van der Waals surface area contributed by atoms with Gasteiger partial charge in [0.2, 0.25) is 5.91 Å². The van der Waals surface area contributed by atoms with Crippen molar-refractivity contribution >= 4 is 5.91 Å². The van der Waals surface area contributed by atoms with E-state index in [0.29, 0.717) is 24.3 Å². The molecule has 19 heavy (non-hydrogen) atoms. The summed E-state index contributed by atoms with van der Waals surface area (Å²) in [6.07, 6.45) is 8.10. The lowest BCUT2D eigenvalue weighted by molar-refractivity contribution is -0.133. The maximum absolute atomic E-state index is 12.3. The standard InChI is InChI=1S/C15H27N3O/c16-14(12-5-6-12)10-15(19)18-9-3-4-13(11-18)17-7-1-2-8-17/h12-14H,1-11,16H2. The maximum Gasteiger partial charge on any atom is 0.224 e. The van der Waals surface area contributed by atoms with E-state index in [4.69, 9.17) is 5.73 Å². The highest BCUT2D eigenvalue weighted by molar-refractivity contribution is 5.77. The number of likely N-dealkylation sites (tertiary alicyclic amines) is 2. The van der Waals surface area contributed by atoms with E-state index in [9.17, 15) is 4.79 Å². The van der Waals surface area contributed by atoms with Gasteiger partial charge in [-0.15, -0.1) is 0 Å². The van der Waals surface area contributed by atoms with Gasteiger partial charge in [0.1, 0.15) is 0 Å². The van der Waals surface area contributed by atoms with Gasteiger partial charge >= 0.3 is 0 Å². The number of nitrogens with two attached hydrogens (primary N) is 1. The van der Waals surface area contributed by atoms with Crippen LogP contribution in [0.4, 0.5) is 0 Å². The SMILES string of the molecule is NC(CC(=O)N1CCCC(N2CCCC2)C1)C1CC1. The van der Waals surface area contributed by atoms with Crippen molar-refractivity contribution in [3.63, 3.8) is 0 Å². The number of carbonyl (C=O) groups is 1. The third-order valence-electron chi connectivity index (χ3n) is 5.04. The minimum atomic E-state index is 0.111. The second-order valence-corrected chi connectivity index (χ2v) is 6.58. The molecule has 3 rings (SSSR count). The molecule has 2 aliphatic heterocycles. The van der Waals surface area contributed by atoms with Crippen LogP contribution >= 0.6 is 0 Å². The molecule has 0 aromatic rings. The molecule has 0 aromatic heterocycles. The number of hydrogen-bond donors (Lipinski definition) is 1. The van der Waals surface area contributed by atoms with Crippen LogP contribution in [0.5, 0.6) is 0 Å². The Bertz CT molecular complexity index is 323. The minimum Gasteiger partial charge on any atom is -0.341 e. The zero-order valence-corrected chi connectivity index (χ0v) is 11.9. The van der Waals surface area contributed by atoms with Crippen LogP contribution in [0.3, 0.4) is 0 Å². The summed E-state index contributed by atoms with van der Waals surface area (Å²) < 4.78 is 0. The van der Waals surface area contributed by atoms with Crippen molar-refractivity contribution in [2.24, 2.45) is 11.7 Å². The molecular weight excluding hydrogens is 238 g/mol. The number of piperidine rings is 1. The Morgan fingerprint density at radius 3 is 2.53 bits per heavy atom. The molecule has 1 amide bonds. The molecule has 4 heteroatoms. The average Bonchev–Trinajstić information content (AvgIpc) is 3.14. The molecule has 2 heterocycles. The first-order valence-corrected chi connectivity index (χ1v) is 8.01. The highest BCUT2D eigenvalue weighted by Crippen LogP contribution is 2.33. The Balaban J connectivity index is 1.50. The topological polar surface area (TPSA) is 49.6 Å². The lowest BCUT2D eigenvalue weighted by Crippen LogP contribution is -2.49. The monoisotopic (exact) mass is 265 g/mol. The van der Waals surface area contributed by atoms with E-state index in [1.807, 2.05) is 0 Å². The third kappa shape index (κ3) is 3.29. The predicted octanol–water partition coefficient (Wildman–Crippen LogP) is 1.20. The van der Waals surface area contributed by atoms with Gasteiger partial charge in [-0.05, 0) is 57.5 Å². The van der Waals surface area contributed by atoms with Gasteiger partial charge in [-0.3, -0.25) is 9.69 Å². The van der Waals surface area contributed by atoms with E-state index in [0.717, 1.165) is 19.5 Å². The first-order valence-electron chi connectivity index (χ1n) is 8.01. The van der Waals surface area contributed by atoms with Crippen LogP contribution in [-0.4, -0.2) is 54.0 Å². The molecule has 0 radical (unpaired) electrons. The number of hydrogen-bond acceptors (Lipinski definition) is 3. The van der Waals surface area contributed by atoms with Crippen LogP contribution in [0.15, 0.2) is 0 Å². The molecule has 0 spiro atoms. The van der Waals surface area contributed by atoms with Gasteiger partial charge in [-0.25, -0.2) is 0 Å². The van der Waals surface area contributed by atoms with Crippen molar-refractivity contribution in [1.29, 1.82) is 0 Å². The van der Waals surface area contributed by atoms with Crippen LogP contribution in [0.1, 0.15) is 44.9 Å². The molecule has 3 aliphatic rings. The van der Waals surface area contributed by atoms with E-state index in [1.165, 1.54) is 45.2 Å². The summed E-state index contributed by atoms with van der Waals surface area (Å²) in [6.45, 7) is 4.35. The molecule has 1 aliphatic carbocycles. The van der Waals surface area contributed by atoms with Crippen LogP contribution in [0, 0.1) is 5.92 Å². The Labute approximate surface area is 116 Å². The van der Waals surface area contributed by atoms with Crippen molar-refractivity contribution < 1.29 is 4.79 Å². The second kappa shape index (κ2) is 5.80. The molecule has 108 valence electrons. The zero-order valence-electron chi connectivity index (χ0n) is 11.9. The van der Waals surface area contributed by atoms with Crippen molar-refractivity contribution in [1.82, 2.24) is 9.80 Å². The van der Waals surface area contributed by atoms with Gasteiger partial charge < -0.3 is 10.6 Å². The van der Waals surface area contributed by atoms with E-state index >= 15 is 0 Å². The Hall–Kier alpha value is -0.610. The maximum atomic E-state index is 12.3. The van der Waals surface area contributed by atoms with Crippen LogP contribution in [0.25, 0.3) is 0 Å². The first-order chi connectivity index (χ1) is 9.24. The first kappa shape index (κ1) is 13.4. The third-order valence-corrected chi connectivity index (χ3v) is 5.04. The second-order valence-electron chi connectivity index (χ2n) is 6.58. The Morgan fingerprint density at radius 1 is 1.11 bits per heavy atom. The molecule has 2 atom stereocenters. The fourth-order valence-corrected chi connectivity index (χ4v) is 3.61. The van der Waals surface area contributed by atoms with E-state index in [-0.39, 0.29) is 6.04 Å². The summed E-state index contributed by atoms with van der Waals surface area (Å²) in [6, 6.07) is 0.719. The molecule has 4 nitrogen and oxygen atoms in total. The van der Waals surface area contributed by atoms with Crippen molar-refractivity contribution in [2.75, 3.05) is 26.2 Å². The van der Waals surface area contributed by atoms with Gasteiger partial charge in [0.05, 0.1) is 0 Å². The van der Waals surface area contributed by atoms with Gasteiger partial charge in [0, 0.05) is 31.6 Å². The van der Waals surface area contributed by atoms with Crippen LogP contribution in [-0.2, 0) is 4.79 Å². The highest BCUT2D eigenvalue weighted by atomic mass is 16.2. The number of nitrogens with zero attached hydrogens (tertiary/aromatic N) is 2. The van der Waals surface area contributed by atoms with Crippen molar-refractivity contribution in [3.8, 4) is 0 Å². The Kier molecular flexibility index (Phi) is 4.08. The normalized spacial score (nSPS) is 30.6. The van der Waals surface area contributed by atoms with Crippen LogP contribution in [0.2, 0.25) is 0 Å². The van der Waals surface area contributed by atoms with Crippen molar-refractivity contribution in [2.45, 2.75) is 57.0 Å². The predicted molar refractivity (Wildman–Crippen MR) is 75.7 cm³/mol. The minimum absolute atomic E-state index is 0.111. The molecular formula is C15H27N3O. The summed E-state index contributed by atoms with van der Waals surface area (Å²) in [5, 5.41) is 0. The Morgan fingerprint density at radius 2 is 1.84 bits per heavy atom. The number of rotatable bonds is 4. The average molecular weight is 265 g/mol. The van der Waals surface area contributed by atoms with E-state index < -0.39 is 0 Å². The largest absolute Gasteiger partial charge is 0.341 e. The smallest absolute Gasteiger partial charge is 0.224 e. The lowest BCUT2D eigenvalue weighted by Gasteiger charge is -2.38. The molecule has 3 fully saturated rings. The van der Waals surface area contributed by atoms with Gasteiger partial charge in [-0.2, -0.15) is 0 Å². The zero-order chi connectivity index (χ0) is 13.2.